The van der Waals surface area contributed by atoms with Crippen molar-refractivity contribution < 1.29 is 24.6 Å². The van der Waals surface area contributed by atoms with Gasteiger partial charge in [0.05, 0.1) is 0 Å². The summed E-state index contributed by atoms with van der Waals surface area (Å²) in [6, 6.07) is 7.62. The maximum Gasteiger partial charge on any atom is 0.294 e. The number of β-amino-alcohol motifs (C(OH)–C–C–N with tert-alkyl or cyclic N) is 1. The van der Waals surface area contributed by atoms with Gasteiger partial charge in [0, 0.05) is 42.1 Å². The molecule has 0 spiro atoms. The molecule has 0 bridgehead atoms. The molecule has 1 atom stereocenters. The maximum absolute atomic E-state index is 11.8. The highest BCUT2D eigenvalue weighted by molar-refractivity contribution is 5.85. The van der Waals surface area contributed by atoms with Gasteiger partial charge in [-0.25, -0.2) is 0 Å². The van der Waals surface area contributed by atoms with Crippen molar-refractivity contribution in [1.29, 1.82) is 0 Å². The molecule has 29 heavy (non-hydrogen) atoms. The summed E-state index contributed by atoms with van der Waals surface area (Å²) >= 11 is 0. The van der Waals surface area contributed by atoms with E-state index in [1.54, 1.807) is 0 Å². The molecule has 0 radical (unpaired) electrons. The van der Waals surface area contributed by atoms with Crippen LogP contribution in [0.1, 0.15) is 26.7 Å². The van der Waals surface area contributed by atoms with E-state index in [1.807, 2.05) is 44.3 Å². The second kappa shape index (κ2) is 10.6. The van der Waals surface area contributed by atoms with E-state index < -0.39 is 11.2 Å². The average Bonchev–Trinajstić information content (AvgIpc) is 3.16. The number of aliphatic hydroxyl groups excluding tert-OH is 1. The number of carbonyl (C=O) groups is 1. The summed E-state index contributed by atoms with van der Waals surface area (Å²) in [7, 11) is 0. The van der Waals surface area contributed by atoms with E-state index in [4.69, 9.17) is 4.74 Å². The first-order chi connectivity index (χ1) is 13.8. The zero-order valence-corrected chi connectivity index (χ0v) is 16.6. The van der Waals surface area contributed by atoms with Gasteiger partial charge < -0.3 is 30.3 Å². The first-order valence-electron chi connectivity index (χ1n) is 9.43. The molecule has 1 aromatic carbocycles. The summed E-state index contributed by atoms with van der Waals surface area (Å²) in [5.41, 5.74) is 0.593. The number of amides is 1. The number of aliphatic hydroxyl groups is 1. The molecule has 10 nitrogen and oxygen atoms in total. The van der Waals surface area contributed by atoms with Gasteiger partial charge in [0.2, 0.25) is 5.91 Å². The average molecular weight is 408 g/mol. The SMILES string of the molecule is CC(C)(CCC(=O)NCCO[N+](=O)[O-])NCC(O)COc1cccc2[nH]ccc12. The number of hydrogen-bond acceptors (Lipinski definition) is 7. The summed E-state index contributed by atoms with van der Waals surface area (Å²) in [6.07, 6.45) is 1.91. The Morgan fingerprint density at radius 2 is 2.17 bits per heavy atom. The Morgan fingerprint density at radius 1 is 1.38 bits per heavy atom. The van der Waals surface area contributed by atoms with Gasteiger partial charge in [-0.3, -0.25) is 4.79 Å². The minimum atomic E-state index is -0.896. The van der Waals surface area contributed by atoms with Crippen LogP contribution in [0.3, 0.4) is 0 Å². The molecule has 0 aliphatic heterocycles. The molecule has 0 aliphatic rings. The van der Waals surface area contributed by atoms with E-state index in [1.165, 1.54) is 0 Å². The summed E-state index contributed by atoms with van der Waals surface area (Å²) in [4.78, 5) is 29.1. The first-order valence-corrected chi connectivity index (χ1v) is 9.43. The minimum absolute atomic E-state index is 0.0810. The van der Waals surface area contributed by atoms with Crippen molar-refractivity contribution in [1.82, 2.24) is 15.6 Å². The fourth-order valence-electron chi connectivity index (χ4n) is 2.73. The molecule has 1 amide bonds. The van der Waals surface area contributed by atoms with Crippen LogP contribution in [0, 0.1) is 10.1 Å². The third kappa shape index (κ3) is 7.96. The maximum atomic E-state index is 11.8. The van der Waals surface area contributed by atoms with Gasteiger partial charge in [0.25, 0.3) is 5.09 Å². The normalized spacial score (nSPS) is 12.5. The van der Waals surface area contributed by atoms with Crippen LogP contribution in [0.2, 0.25) is 0 Å². The summed E-state index contributed by atoms with van der Waals surface area (Å²) in [5.74, 6) is 0.495. The second-order valence-corrected chi connectivity index (χ2v) is 7.33. The van der Waals surface area contributed by atoms with Gasteiger partial charge in [-0.05, 0) is 38.5 Å². The van der Waals surface area contributed by atoms with Crippen molar-refractivity contribution >= 4 is 16.8 Å². The van der Waals surface area contributed by atoms with Gasteiger partial charge in [0.1, 0.15) is 25.1 Å². The lowest BCUT2D eigenvalue weighted by Gasteiger charge is -2.27. The van der Waals surface area contributed by atoms with E-state index in [0.717, 1.165) is 10.9 Å². The van der Waals surface area contributed by atoms with Crippen LogP contribution in [0.5, 0.6) is 5.75 Å². The first kappa shape index (κ1) is 22.4. The van der Waals surface area contributed by atoms with Crippen LogP contribution in [-0.4, -0.2) is 59.0 Å². The molecule has 0 saturated carbocycles. The van der Waals surface area contributed by atoms with Crippen LogP contribution < -0.4 is 15.4 Å². The monoisotopic (exact) mass is 408 g/mol. The molecule has 2 aromatic rings. The zero-order valence-electron chi connectivity index (χ0n) is 16.6. The number of aromatic nitrogens is 1. The lowest BCUT2D eigenvalue weighted by atomic mass is 9.98. The van der Waals surface area contributed by atoms with Gasteiger partial charge in [-0.1, -0.05) is 6.07 Å². The Bertz CT molecular complexity index is 807. The lowest BCUT2D eigenvalue weighted by molar-refractivity contribution is -0.757. The number of ether oxygens (including phenoxy) is 1. The number of nitrogens with zero attached hydrogens (tertiary/aromatic N) is 1. The molecule has 10 heteroatoms. The molecule has 4 N–H and O–H groups in total. The molecule has 0 saturated heterocycles. The number of fused-ring (bicyclic) bond motifs is 1. The predicted molar refractivity (Wildman–Crippen MR) is 107 cm³/mol. The Balaban J connectivity index is 1.66. The molecular formula is C19H28N4O6. The summed E-state index contributed by atoms with van der Waals surface area (Å²) < 4.78 is 5.74. The standard InChI is InChI=1S/C19H28N4O6/c1-19(2,8-6-18(25)21-10-11-29-23(26)27)22-12-14(24)13-28-17-5-3-4-16-15(17)7-9-20-16/h3-5,7,9,14,20,22,24H,6,8,10-13H2,1-2H3,(H,21,25). The van der Waals surface area contributed by atoms with Crippen LogP contribution in [-0.2, 0) is 9.63 Å². The van der Waals surface area contributed by atoms with Crippen molar-refractivity contribution in [2.75, 3.05) is 26.3 Å². The highest BCUT2D eigenvalue weighted by Crippen LogP contribution is 2.24. The molecule has 1 unspecified atom stereocenters. The zero-order chi connectivity index (χ0) is 21.3. The molecule has 160 valence electrons. The fraction of sp³-hybridized carbons (Fsp3) is 0.526. The van der Waals surface area contributed by atoms with Gasteiger partial charge in [0.15, 0.2) is 0 Å². The summed E-state index contributed by atoms with van der Waals surface area (Å²) in [6.45, 7) is 4.23. The molecule has 2 rings (SSSR count). The second-order valence-electron chi connectivity index (χ2n) is 7.33. The van der Waals surface area contributed by atoms with Gasteiger partial charge in [-0.2, -0.15) is 0 Å². The smallest absolute Gasteiger partial charge is 0.294 e. The number of nitrogens with one attached hydrogen (secondary N) is 3. The van der Waals surface area contributed by atoms with Crippen LogP contribution in [0.15, 0.2) is 30.5 Å². The summed E-state index contributed by atoms with van der Waals surface area (Å²) in [5, 5.41) is 26.1. The number of carbonyl (C=O) groups excluding carboxylic acids is 1. The molecule has 1 heterocycles. The number of benzene rings is 1. The molecule has 0 aliphatic carbocycles. The van der Waals surface area contributed by atoms with Crippen molar-refractivity contribution in [3.8, 4) is 5.75 Å². The minimum Gasteiger partial charge on any atom is -0.490 e. The van der Waals surface area contributed by atoms with E-state index in [0.29, 0.717) is 18.7 Å². The largest absolute Gasteiger partial charge is 0.490 e. The molecule has 0 fully saturated rings. The fourth-order valence-corrected chi connectivity index (χ4v) is 2.73. The topological polar surface area (TPSA) is 139 Å². The Morgan fingerprint density at radius 3 is 2.93 bits per heavy atom. The highest BCUT2D eigenvalue weighted by atomic mass is 16.9. The molecular weight excluding hydrogens is 380 g/mol. The van der Waals surface area contributed by atoms with Crippen LogP contribution in [0.4, 0.5) is 0 Å². The van der Waals surface area contributed by atoms with Crippen molar-refractivity contribution in [2.24, 2.45) is 0 Å². The number of aromatic amines is 1. The third-order valence-corrected chi connectivity index (χ3v) is 4.40. The third-order valence-electron chi connectivity index (χ3n) is 4.40. The van der Waals surface area contributed by atoms with Gasteiger partial charge >= 0.3 is 0 Å². The van der Waals surface area contributed by atoms with Crippen LogP contribution in [0.25, 0.3) is 10.9 Å². The van der Waals surface area contributed by atoms with Crippen molar-refractivity contribution in [3.63, 3.8) is 0 Å². The van der Waals surface area contributed by atoms with Gasteiger partial charge in [-0.15, -0.1) is 10.1 Å². The van der Waals surface area contributed by atoms with E-state index in [2.05, 4.69) is 20.5 Å². The molecule has 1 aromatic heterocycles. The Hall–Kier alpha value is -2.85. The predicted octanol–water partition coefficient (Wildman–Crippen LogP) is 1.38. The van der Waals surface area contributed by atoms with Crippen molar-refractivity contribution in [2.45, 2.75) is 38.3 Å². The lowest BCUT2D eigenvalue weighted by Crippen LogP contribution is -2.45. The number of H-pyrrole nitrogens is 1. The quantitative estimate of drug-likeness (QED) is 0.223. The number of hydrogen-bond donors (Lipinski definition) is 4. The van der Waals surface area contributed by atoms with E-state index >= 15 is 0 Å². The Labute approximate surface area is 168 Å². The van der Waals surface area contributed by atoms with Crippen molar-refractivity contribution in [3.05, 3.63) is 40.6 Å². The van der Waals surface area contributed by atoms with E-state index in [9.17, 15) is 20.0 Å². The van der Waals surface area contributed by atoms with E-state index in [-0.39, 0.29) is 37.6 Å². The highest BCUT2D eigenvalue weighted by Gasteiger charge is 2.20. The number of rotatable bonds is 13. The Kier molecular flexibility index (Phi) is 8.22. The van der Waals surface area contributed by atoms with Crippen LogP contribution >= 0.6 is 0 Å².